The molecule has 2 amide bonds. The maximum atomic E-state index is 12.7. The molecule has 8 nitrogen and oxygen atoms in total. The first-order valence-corrected chi connectivity index (χ1v) is 9.45. The average Bonchev–Trinajstić information content (AvgIpc) is 2.71. The standard InChI is InChI=1S/C19H24N4O4S/c1-26-12-11-23-18(25)16(17(24)20-19(23)28)13-21-7-9-22(10-8-21)14-3-5-15(27-2)6-4-14/h3-6,13H,7-12H2,1-2H3,(H,20,24,28)/b16-13-. The second kappa shape index (κ2) is 9.03. The van der Waals surface area contributed by atoms with E-state index in [0.29, 0.717) is 26.2 Å². The molecule has 2 aliphatic heterocycles. The van der Waals surface area contributed by atoms with Gasteiger partial charge in [0.1, 0.15) is 11.3 Å². The molecular weight excluding hydrogens is 380 g/mol. The number of nitrogens with one attached hydrogen (secondary N) is 1. The van der Waals surface area contributed by atoms with Crippen molar-refractivity contribution >= 4 is 34.8 Å². The van der Waals surface area contributed by atoms with Crippen molar-refractivity contribution in [1.29, 1.82) is 0 Å². The molecule has 2 saturated heterocycles. The lowest BCUT2D eigenvalue weighted by atomic mass is 10.1. The SMILES string of the molecule is COCCN1C(=O)/C(=C\N2CCN(c3ccc(OC)cc3)CC2)C(=O)NC1=S. The molecule has 0 unspecified atom stereocenters. The Morgan fingerprint density at radius 2 is 1.79 bits per heavy atom. The molecule has 9 heteroatoms. The number of hydrogen-bond acceptors (Lipinski definition) is 7. The first kappa shape index (κ1) is 20.1. The quantitative estimate of drug-likeness (QED) is 0.423. The third kappa shape index (κ3) is 4.42. The summed E-state index contributed by atoms with van der Waals surface area (Å²) in [5, 5.41) is 2.70. The van der Waals surface area contributed by atoms with Crippen molar-refractivity contribution in [1.82, 2.24) is 15.1 Å². The number of benzene rings is 1. The predicted octanol–water partition coefficient (Wildman–Crippen LogP) is 0.591. The number of thiocarbonyl (C=S) groups is 1. The zero-order chi connectivity index (χ0) is 20.1. The highest BCUT2D eigenvalue weighted by Gasteiger charge is 2.34. The third-order valence-electron chi connectivity index (χ3n) is 4.77. The van der Waals surface area contributed by atoms with E-state index in [-0.39, 0.29) is 16.6 Å². The van der Waals surface area contributed by atoms with Crippen LogP contribution in [0.1, 0.15) is 0 Å². The fourth-order valence-electron chi connectivity index (χ4n) is 3.15. The van der Waals surface area contributed by atoms with Crippen LogP contribution in [0.25, 0.3) is 0 Å². The normalized spacial score (nSPS) is 19.3. The van der Waals surface area contributed by atoms with E-state index < -0.39 is 5.91 Å². The van der Waals surface area contributed by atoms with Crippen molar-refractivity contribution in [2.24, 2.45) is 0 Å². The van der Waals surface area contributed by atoms with Gasteiger partial charge in [-0.25, -0.2) is 0 Å². The van der Waals surface area contributed by atoms with Gasteiger partial charge in [-0.1, -0.05) is 0 Å². The van der Waals surface area contributed by atoms with Gasteiger partial charge in [-0.3, -0.25) is 19.8 Å². The van der Waals surface area contributed by atoms with Gasteiger partial charge in [0.25, 0.3) is 11.8 Å². The van der Waals surface area contributed by atoms with Crippen LogP contribution in [0.2, 0.25) is 0 Å². The van der Waals surface area contributed by atoms with Crippen LogP contribution >= 0.6 is 12.2 Å². The second-order valence-corrected chi connectivity index (χ2v) is 6.86. The lowest BCUT2D eigenvalue weighted by Gasteiger charge is -2.36. The second-order valence-electron chi connectivity index (χ2n) is 6.47. The molecule has 1 aromatic carbocycles. The summed E-state index contributed by atoms with van der Waals surface area (Å²) >= 11 is 5.10. The summed E-state index contributed by atoms with van der Waals surface area (Å²) in [6.45, 7) is 3.64. The van der Waals surface area contributed by atoms with E-state index in [2.05, 4.69) is 10.2 Å². The Bertz CT molecular complexity index is 773. The van der Waals surface area contributed by atoms with Crippen molar-refractivity contribution < 1.29 is 19.1 Å². The van der Waals surface area contributed by atoms with E-state index >= 15 is 0 Å². The van der Waals surface area contributed by atoms with E-state index in [0.717, 1.165) is 24.5 Å². The molecule has 0 bridgehead atoms. The summed E-state index contributed by atoms with van der Waals surface area (Å²) < 4.78 is 10.2. The molecular formula is C19H24N4O4S. The summed E-state index contributed by atoms with van der Waals surface area (Å²) in [5.41, 5.74) is 1.22. The number of nitrogens with zero attached hydrogens (tertiary/aromatic N) is 3. The van der Waals surface area contributed by atoms with E-state index in [1.165, 1.54) is 4.90 Å². The zero-order valence-corrected chi connectivity index (χ0v) is 16.8. The zero-order valence-electron chi connectivity index (χ0n) is 16.0. The van der Waals surface area contributed by atoms with Crippen LogP contribution in [0.15, 0.2) is 36.0 Å². The van der Waals surface area contributed by atoms with Crippen LogP contribution < -0.4 is 15.0 Å². The summed E-state index contributed by atoms with van der Waals surface area (Å²) in [5.74, 6) is -0.0190. The topological polar surface area (TPSA) is 74.3 Å². The minimum absolute atomic E-state index is 0.0996. The lowest BCUT2D eigenvalue weighted by molar-refractivity contribution is -0.129. The summed E-state index contributed by atoms with van der Waals surface area (Å²) in [6, 6.07) is 7.93. The summed E-state index contributed by atoms with van der Waals surface area (Å²) in [6.07, 6.45) is 1.64. The van der Waals surface area contributed by atoms with Crippen LogP contribution in [-0.2, 0) is 14.3 Å². The molecule has 1 N–H and O–H groups in total. The van der Waals surface area contributed by atoms with Gasteiger partial charge in [0, 0.05) is 45.2 Å². The van der Waals surface area contributed by atoms with Gasteiger partial charge in [0.15, 0.2) is 5.11 Å². The van der Waals surface area contributed by atoms with Gasteiger partial charge >= 0.3 is 0 Å². The number of methoxy groups -OCH3 is 2. The molecule has 2 fully saturated rings. The summed E-state index contributed by atoms with van der Waals surface area (Å²) in [4.78, 5) is 30.6. The molecule has 0 radical (unpaired) electrons. The Morgan fingerprint density at radius 1 is 1.11 bits per heavy atom. The minimum Gasteiger partial charge on any atom is -0.497 e. The van der Waals surface area contributed by atoms with E-state index in [9.17, 15) is 9.59 Å². The van der Waals surface area contributed by atoms with Crippen LogP contribution in [0.3, 0.4) is 0 Å². The number of piperazine rings is 1. The molecule has 150 valence electrons. The van der Waals surface area contributed by atoms with Gasteiger partial charge < -0.3 is 19.3 Å². The Morgan fingerprint density at radius 3 is 2.39 bits per heavy atom. The van der Waals surface area contributed by atoms with Gasteiger partial charge in [0.2, 0.25) is 0 Å². The summed E-state index contributed by atoms with van der Waals surface area (Å²) in [7, 11) is 3.20. The lowest BCUT2D eigenvalue weighted by Crippen LogP contribution is -2.55. The van der Waals surface area contributed by atoms with Crippen LogP contribution in [0.4, 0.5) is 5.69 Å². The third-order valence-corrected chi connectivity index (χ3v) is 5.09. The number of ether oxygens (including phenoxy) is 2. The van der Waals surface area contributed by atoms with E-state index in [1.54, 1.807) is 20.4 Å². The Labute approximate surface area is 169 Å². The highest BCUT2D eigenvalue weighted by molar-refractivity contribution is 7.80. The maximum absolute atomic E-state index is 12.7. The van der Waals surface area contributed by atoms with Crippen molar-refractivity contribution in [3.8, 4) is 5.75 Å². The van der Waals surface area contributed by atoms with E-state index in [1.807, 2.05) is 29.2 Å². The Hall–Kier alpha value is -2.65. The monoisotopic (exact) mass is 404 g/mol. The van der Waals surface area contributed by atoms with Crippen LogP contribution in [0, 0.1) is 0 Å². The van der Waals surface area contributed by atoms with Gasteiger partial charge in [-0.2, -0.15) is 0 Å². The molecule has 0 saturated carbocycles. The van der Waals surface area contributed by atoms with E-state index in [4.69, 9.17) is 21.7 Å². The molecule has 0 atom stereocenters. The molecule has 3 rings (SSSR count). The van der Waals surface area contributed by atoms with Crippen molar-refractivity contribution in [3.05, 3.63) is 36.0 Å². The van der Waals surface area contributed by atoms with Crippen molar-refractivity contribution in [3.63, 3.8) is 0 Å². The smallest absolute Gasteiger partial charge is 0.267 e. The number of hydrogen-bond donors (Lipinski definition) is 1. The first-order valence-electron chi connectivity index (χ1n) is 9.04. The fourth-order valence-corrected chi connectivity index (χ4v) is 3.42. The van der Waals surface area contributed by atoms with Gasteiger partial charge in [-0.15, -0.1) is 0 Å². The number of anilines is 1. The van der Waals surface area contributed by atoms with Gasteiger partial charge in [0.05, 0.1) is 20.3 Å². The van der Waals surface area contributed by atoms with Crippen LogP contribution in [-0.4, -0.2) is 80.3 Å². The van der Waals surface area contributed by atoms with Crippen LogP contribution in [0.5, 0.6) is 5.75 Å². The minimum atomic E-state index is -0.457. The molecule has 0 spiro atoms. The van der Waals surface area contributed by atoms with Crippen molar-refractivity contribution in [2.75, 3.05) is 58.5 Å². The molecule has 2 heterocycles. The maximum Gasteiger partial charge on any atom is 0.267 e. The van der Waals surface area contributed by atoms with Crippen molar-refractivity contribution in [2.45, 2.75) is 0 Å². The number of carbonyl (C=O) groups is 2. The molecule has 1 aromatic rings. The Kier molecular flexibility index (Phi) is 6.48. The number of carbonyl (C=O) groups excluding carboxylic acids is 2. The molecule has 2 aliphatic rings. The largest absolute Gasteiger partial charge is 0.497 e. The number of amides is 2. The predicted molar refractivity (Wildman–Crippen MR) is 109 cm³/mol. The number of rotatable bonds is 6. The molecule has 0 aliphatic carbocycles. The average molecular weight is 404 g/mol. The molecule has 28 heavy (non-hydrogen) atoms. The highest BCUT2D eigenvalue weighted by Crippen LogP contribution is 2.21. The first-order chi connectivity index (χ1) is 13.5. The Balaban J connectivity index is 1.64. The fraction of sp³-hybridized carbons (Fsp3) is 0.421. The highest BCUT2D eigenvalue weighted by atomic mass is 32.1. The van der Waals surface area contributed by atoms with Gasteiger partial charge in [-0.05, 0) is 36.5 Å². The molecule has 0 aromatic heterocycles.